The quantitative estimate of drug-likeness (QED) is 0.793. The van der Waals surface area contributed by atoms with E-state index in [4.69, 9.17) is 5.73 Å². The third kappa shape index (κ3) is 4.87. The molecule has 1 aromatic rings. The van der Waals surface area contributed by atoms with Gasteiger partial charge in [0.1, 0.15) is 0 Å². The summed E-state index contributed by atoms with van der Waals surface area (Å²) in [5.74, 6) is 0.998. The monoisotopic (exact) mass is 336 g/mol. The molecule has 0 aliphatic heterocycles. The number of aryl methyl sites for hydroxylation is 1. The van der Waals surface area contributed by atoms with Crippen molar-refractivity contribution in [3.63, 3.8) is 0 Å². The molecular weight excluding hydrogens is 308 g/mol. The number of anilines is 1. The minimum atomic E-state index is 0. The molecule has 2 aliphatic carbocycles. The Morgan fingerprint density at radius 1 is 1.13 bits per heavy atom. The van der Waals surface area contributed by atoms with Gasteiger partial charge in [0.15, 0.2) is 0 Å². The Hall–Kier alpha value is -1.22. The average Bonchev–Trinajstić information content (AvgIpc) is 2.54. The van der Waals surface area contributed by atoms with Gasteiger partial charge < -0.3 is 11.1 Å². The summed E-state index contributed by atoms with van der Waals surface area (Å²) in [4.78, 5) is 12.3. The molecule has 1 fully saturated rings. The van der Waals surface area contributed by atoms with E-state index >= 15 is 0 Å². The normalized spacial score (nSPS) is 21.1. The van der Waals surface area contributed by atoms with Crippen molar-refractivity contribution in [2.75, 3.05) is 5.73 Å². The zero-order valence-electron chi connectivity index (χ0n) is 13.9. The molecule has 0 spiro atoms. The van der Waals surface area contributed by atoms with Crippen LogP contribution in [-0.4, -0.2) is 5.91 Å². The lowest BCUT2D eigenvalue weighted by Crippen LogP contribution is -2.31. The first-order valence-electron chi connectivity index (χ1n) is 8.90. The lowest BCUT2D eigenvalue weighted by molar-refractivity contribution is -0.122. The van der Waals surface area contributed by atoms with Crippen LogP contribution in [-0.2, 0) is 11.2 Å². The first-order valence-corrected chi connectivity index (χ1v) is 8.90. The van der Waals surface area contributed by atoms with Gasteiger partial charge in [0.05, 0.1) is 6.04 Å². The van der Waals surface area contributed by atoms with E-state index in [1.807, 2.05) is 6.07 Å². The van der Waals surface area contributed by atoms with Crippen molar-refractivity contribution in [3.8, 4) is 0 Å². The number of hydrogen-bond acceptors (Lipinski definition) is 2. The molecule has 1 aromatic carbocycles. The number of halogens is 1. The van der Waals surface area contributed by atoms with E-state index in [9.17, 15) is 4.79 Å². The molecule has 3 N–H and O–H groups in total. The topological polar surface area (TPSA) is 55.1 Å². The Labute approximate surface area is 145 Å². The highest BCUT2D eigenvalue weighted by molar-refractivity contribution is 5.85. The van der Waals surface area contributed by atoms with Crippen LogP contribution in [0.5, 0.6) is 0 Å². The number of benzene rings is 1. The van der Waals surface area contributed by atoms with Gasteiger partial charge in [0.25, 0.3) is 0 Å². The molecule has 1 saturated carbocycles. The fraction of sp³-hybridized carbons (Fsp3) is 0.632. The summed E-state index contributed by atoms with van der Waals surface area (Å²) in [6, 6.07) is 6.29. The third-order valence-electron chi connectivity index (χ3n) is 5.32. The van der Waals surface area contributed by atoms with E-state index in [2.05, 4.69) is 17.4 Å². The Morgan fingerprint density at radius 3 is 2.70 bits per heavy atom. The van der Waals surface area contributed by atoms with Gasteiger partial charge in [0, 0.05) is 12.1 Å². The molecule has 0 aromatic heterocycles. The maximum Gasteiger partial charge on any atom is 0.220 e. The van der Waals surface area contributed by atoms with Crippen LogP contribution in [0.15, 0.2) is 18.2 Å². The predicted octanol–water partition coefficient (Wildman–Crippen LogP) is 4.54. The maximum atomic E-state index is 12.3. The van der Waals surface area contributed by atoms with E-state index in [0.717, 1.165) is 37.3 Å². The smallest absolute Gasteiger partial charge is 0.220 e. The molecule has 0 bridgehead atoms. The summed E-state index contributed by atoms with van der Waals surface area (Å²) in [5.41, 5.74) is 9.27. The number of nitrogens with one attached hydrogen (secondary N) is 1. The molecule has 4 heteroatoms. The summed E-state index contributed by atoms with van der Waals surface area (Å²) in [6.07, 6.45) is 11.7. The number of nitrogens with two attached hydrogens (primary N) is 1. The summed E-state index contributed by atoms with van der Waals surface area (Å²) in [6.45, 7) is 0. The minimum absolute atomic E-state index is 0. The van der Waals surface area contributed by atoms with Gasteiger partial charge in [-0.15, -0.1) is 12.4 Å². The maximum absolute atomic E-state index is 12.3. The second-order valence-corrected chi connectivity index (χ2v) is 7.01. The lowest BCUT2D eigenvalue weighted by atomic mass is 9.85. The molecule has 2 aliphatic rings. The standard InChI is InChI=1S/C19H28N2O.ClH/c20-16-10-11-17-15(13-16)7-4-8-18(17)21-19(22)12-9-14-5-2-1-3-6-14;/h10-11,13-14,18H,1-9,12,20H2,(H,21,22);1H. The van der Waals surface area contributed by atoms with Crippen molar-refractivity contribution >= 4 is 24.0 Å². The lowest BCUT2D eigenvalue weighted by Gasteiger charge is -2.27. The van der Waals surface area contributed by atoms with Crippen LogP contribution in [0.1, 0.15) is 75.0 Å². The van der Waals surface area contributed by atoms with E-state index in [0.29, 0.717) is 6.42 Å². The molecule has 1 amide bonds. The molecule has 0 heterocycles. The largest absolute Gasteiger partial charge is 0.399 e. The SMILES string of the molecule is Cl.Nc1ccc2c(c1)CCCC2NC(=O)CCC1CCCCC1. The summed E-state index contributed by atoms with van der Waals surface area (Å²) >= 11 is 0. The molecule has 3 nitrogen and oxygen atoms in total. The first-order chi connectivity index (χ1) is 10.7. The van der Waals surface area contributed by atoms with Crippen LogP contribution in [0.25, 0.3) is 0 Å². The number of fused-ring (bicyclic) bond motifs is 1. The molecule has 0 saturated heterocycles. The van der Waals surface area contributed by atoms with Crippen LogP contribution >= 0.6 is 12.4 Å². The van der Waals surface area contributed by atoms with Gasteiger partial charge in [-0.3, -0.25) is 4.79 Å². The van der Waals surface area contributed by atoms with Crippen LogP contribution in [0.3, 0.4) is 0 Å². The number of amides is 1. The third-order valence-corrected chi connectivity index (χ3v) is 5.32. The van der Waals surface area contributed by atoms with Gasteiger partial charge in [0.2, 0.25) is 5.91 Å². The Morgan fingerprint density at radius 2 is 1.91 bits per heavy atom. The summed E-state index contributed by atoms with van der Waals surface area (Å²) in [5, 5.41) is 3.25. The van der Waals surface area contributed by atoms with E-state index in [-0.39, 0.29) is 24.4 Å². The van der Waals surface area contributed by atoms with Gasteiger partial charge in [-0.2, -0.15) is 0 Å². The number of carbonyl (C=O) groups excluding carboxylic acids is 1. The summed E-state index contributed by atoms with van der Waals surface area (Å²) in [7, 11) is 0. The highest BCUT2D eigenvalue weighted by Crippen LogP contribution is 2.31. The van der Waals surface area contributed by atoms with Crippen molar-refractivity contribution in [2.45, 2.75) is 70.3 Å². The van der Waals surface area contributed by atoms with Crippen molar-refractivity contribution in [1.29, 1.82) is 0 Å². The number of hydrogen-bond donors (Lipinski definition) is 2. The zero-order valence-corrected chi connectivity index (χ0v) is 14.7. The molecule has 0 radical (unpaired) electrons. The average molecular weight is 337 g/mol. The van der Waals surface area contributed by atoms with Crippen LogP contribution < -0.4 is 11.1 Å². The van der Waals surface area contributed by atoms with E-state index < -0.39 is 0 Å². The Kier molecular flexibility index (Phi) is 6.76. The fourth-order valence-electron chi connectivity index (χ4n) is 4.06. The van der Waals surface area contributed by atoms with Crippen molar-refractivity contribution < 1.29 is 4.79 Å². The zero-order chi connectivity index (χ0) is 15.4. The Bertz CT molecular complexity index is 526. The van der Waals surface area contributed by atoms with Crippen LogP contribution in [0.4, 0.5) is 5.69 Å². The van der Waals surface area contributed by atoms with Crippen molar-refractivity contribution in [1.82, 2.24) is 5.32 Å². The van der Waals surface area contributed by atoms with E-state index in [1.54, 1.807) is 0 Å². The van der Waals surface area contributed by atoms with Gasteiger partial charge in [-0.05, 0) is 54.9 Å². The number of carbonyl (C=O) groups is 1. The summed E-state index contributed by atoms with van der Waals surface area (Å²) < 4.78 is 0. The highest BCUT2D eigenvalue weighted by atomic mass is 35.5. The second-order valence-electron chi connectivity index (χ2n) is 7.01. The van der Waals surface area contributed by atoms with E-state index in [1.165, 1.54) is 43.2 Å². The predicted molar refractivity (Wildman–Crippen MR) is 97.7 cm³/mol. The van der Waals surface area contributed by atoms with Crippen LogP contribution in [0, 0.1) is 5.92 Å². The number of nitrogen functional groups attached to an aromatic ring is 1. The molecule has 3 rings (SSSR count). The highest BCUT2D eigenvalue weighted by Gasteiger charge is 2.22. The molecule has 23 heavy (non-hydrogen) atoms. The van der Waals surface area contributed by atoms with Crippen LogP contribution in [0.2, 0.25) is 0 Å². The van der Waals surface area contributed by atoms with Gasteiger partial charge in [-0.1, -0.05) is 38.2 Å². The van der Waals surface area contributed by atoms with Crippen molar-refractivity contribution in [2.24, 2.45) is 5.92 Å². The number of rotatable bonds is 4. The van der Waals surface area contributed by atoms with Gasteiger partial charge >= 0.3 is 0 Å². The molecule has 128 valence electrons. The molecule has 1 atom stereocenters. The Balaban J connectivity index is 0.00000192. The van der Waals surface area contributed by atoms with Gasteiger partial charge in [-0.25, -0.2) is 0 Å². The molecule has 1 unspecified atom stereocenters. The van der Waals surface area contributed by atoms with Crippen molar-refractivity contribution in [3.05, 3.63) is 29.3 Å². The molecular formula is C19H29ClN2O. The minimum Gasteiger partial charge on any atom is -0.399 e. The first kappa shape index (κ1) is 18.1. The fourth-order valence-corrected chi connectivity index (χ4v) is 4.06. The second kappa shape index (κ2) is 8.58.